The van der Waals surface area contributed by atoms with Crippen LogP contribution >= 0.6 is 12.4 Å². The van der Waals surface area contributed by atoms with E-state index >= 15 is 0 Å². The Labute approximate surface area is 86.7 Å². The van der Waals surface area contributed by atoms with Gasteiger partial charge in [0.15, 0.2) is 0 Å². The predicted octanol–water partition coefficient (Wildman–Crippen LogP) is 2.95. The predicted molar refractivity (Wildman–Crippen MR) is 60.4 cm³/mol. The lowest BCUT2D eigenvalue weighted by molar-refractivity contribution is 0.551. The van der Waals surface area contributed by atoms with E-state index in [0.29, 0.717) is 5.92 Å². The van der Waals surface area contributed by atoms with Crippen LogP contribution in [0.3, 0.4) is 0 Å². The second-order valence-electron chi connectivity index (χ2n) is 3.27. The van der Waals surface area contributed by atoms with E-state index in [1.165, 1.54) is 5.56 Å². The highest BCUT2D eigenvalue weighted by atomic mass is 35.5. The van der Waals surface area contributed by atoms with E-state index in [1.807, 2.05) is 6.07 Å². The summed E-state index contributed by atoms with van der Waals surface area (Å²) in [6, 6.07) is 10.7. The van der Waals surface area contributed by atoms with Gasteiger partial charge in [0.05, 0.1) is 0 Å². The Hall–Kier alpha value is -0.530. The van der Waals surface area contributed by atoms with Gasteiger partial charge < -0.3 is 5.73 Å². The third kappa shape index (κ3) is 3.37. The van der Waals surface area contributed by atoms with Gasteiger partial charge in [-0.1, -0.05) is 44.2 Å². The molecule has 1 aromatic carbocycles. The van der Waals surface area contributed by atoms with Crippen molar-refractivity contribution in [1.29, 1.82) is 0 Å². The van der Waals surface area contributed by atoms with Gasteiger partial charge in [0.25, 0.3) is 0 Å². The van der Waals surface area contributed by atoms with Crippen LogP contribution in [0.15, 0.2) is 30.3 Å². The third-order valence-electron chi connectivity index (χ3n) is 2.44. The Morgan fingerprint density at radius 1 is 1.23 bits per heavy atom. The van der Waals surface area contributed by atoms with Crippen LogP contribution in [0.5, 0.6) is 0 Å². The molecule has 0 aliphatic rings. The van der Waals surface area contributed by atoms with E-state index in [4.69, 9.17) is 5.73 Å². The summed E-state index contributed by atoms with van der Waals surface area (Å²) in [7, 11) is 0. The summed E-state index contributed by atoms with van der Waals surface area (Å²) in [5.74, 6) is 0.469. The Bertz CT molecular complexity index is 223. The molecule has 0 aromatic heterocycles. The maximum atomic E-state index is 5.95. The normalized spacial score (nSPS) is 14.4. The van der Waals surface area contributed by atoms with Crippen LogP contribution in [-0.2, 0) is 0 Å². The zero-order valence-corrected chi connectivity index (χ0v) is 9.05. The molecular weight excluding hydrogens is 182 g/mol. The van der Waals surface area contributed by atoms with Crippen LogP contribution < -0.4 is 5.73 Å². The van der Waals surface area contributed by atoms with Gasteiger partial charge in [-0.25, -0.2) is 0 Å². The summed E-state index contributed by atoms with van der Waals surface area (Å²) >= 11 is 0. The van der Waals surface area contributed by atoms with Gasteiger partial charge in [-0.2, -0.15) is 0 Å². The molecule has 2 unspecified atom stereocenters. The molecule has 2 atom stereocenters. The molecule has 0 heterocycles. The number of benzene rings is 1. The number of nitrogens with two attached hydrogens (primary N) is 1. The lowest BCUT2D eigenvalue weighted by Crippen LogP contribution is -2.25. The van der Waals surface area contributed by atoms with Gasteiger partial charge in [0.1, 0.15) is 0 Å². The quantitative estimate of drug-likeness (QED) is 0.796. The van der Waals surface area contributed by atoms with Gasteiger partial charge in [0, 0.05) is 6.04 Å². The van der Waals surface area contributed by atoms with Gasteiger partial charge >= 0.3 is 0 Å². The largest absolute Gasteiger partial charge is 0.327 e. The minimum Gasteiger partial charge on any atom is -0.327 e. The fraction of sp³-hybridized carbons (Fsp3) is 0.455. The molecule has 0 saturated carbocycles. The molecule has 1 rings (SSSR count). The monoisotopic (exact) mass is 199 g/mol. The molecule has 1 nitrogen and oxygen atoms in total. The molecule has 0 radical (unpaired) electrons. The van der Waals surface area contributed by atoms with Gasteiger partial charge in [-0.05, 0) is 17.9 Å². The highest BCUT2D eigenvalue weighted by Crippen LogP contribution is 2.18. The average molecular weight is 200 g/mol. The van der Waals surface area contributed by atoms with Crippen LogP contribution in [0.1, 0.15) is 31.7 Å². The van der Waals surface area contributed by atoms with Gasteiger partial charge in [0.2, 0.25) is 0 Å². The van der Waals surface area contributed by atoms with Crippen LogP contribution in [0.4, 0.5) is 0 Å². The SMILES string of the molecule is CCC(N)C(C)c1ccccc1.Cl. The highest BCUT2D eigenvalue weighted by molar-refractivity contribution is 5.85. The highest BCUT2D eigenvalue weighted by Gasteiger charge is 2.11. The molecule has 1 aromatic rings. The summed E-state index contributed by atoms with van der Waals surface area (Å²) in [5.41, 5.74) is 7.29. The van der Waals surface area contributed by atoms with Crippen LogP contribution in [0.25, 0.3) is 0 Å². The summed E-state index contributed by atoms with van der Waals surface area (Å²) in [6.45, 7) is 4.31. The van der Waals surface area contributed by atoms with Crippen molar-refractivity contribution >= 4 is 12.4 Å². The van der Waals surface area contributed by atoms with Crippen molar-refractivity contribution in [2.45, 2.75) is 32.2 Å². The maximum absolute atomic E-state index is 5.95. The minimum absolute atomic E-state index is 0. The number of halogens is 1. The minimum atomic E-state index is 0. The Kier molecular flexibility index (Phi) is 5.76. The zero-order valence-electron chi connectivity index (χ0n) is 8.23. The molecule has 0 aliphatic carbocycles. The maximum Gasteiger partial charge on any atom is 0.0103 e. The zero-order chi connectivity index (χ0) is 8.97. The summed E-state index contributed by atoms with van der Waals surface area (Å²) in [6.07, 6.45) is 1.04. The van der Waals surface area contributed by atoms with Crippen molar-refractivity contribution in [2.75, 3.05) is 0 Å². The lowest BCUT2D eigenvalue weighted by atomic mass is 9.92. The first kappa shape index (κ1) is 12.5. The van der Waals surface area contributed by atoms with Crippen LogP contribution in [-0.4, -0.2) is 6.04 Å². The molecule has 2 heteroatoms. The standard InChI is InChI=1S/C11H17N.ClH/c1-3-11(12)9(2)10-7-5-4-6-8-10;/h4-9,11H,3,12H2,1-2H3;1H. The molecule has 0 saturated heterocycles. The molecular formula is C11H18ClN. The van der Waals surface area contributed by atoms with E-state index in [2.05, 4.69) is 38.1 Å². The number of rotatable bonds is 3. The number of hydrogen-bond donors (Lipinski definition) is 1. The molecule has 13 heavy (non-hydrogen) atoms. The first-order chi connectivity index (χ1) is 5.75. The fourth-order valence-electron chi connectivity index (χ4n) is 1.36. The molecule has 0 aliphatic heterocycles. The Morgan fingerprint density at radius 3 is 2.23 bits per heavy atom. The number of hydrogen-bond acceptors (Lipinski definition) is 1. The van der Waals surface area contributed by atoms with Crippen molar-refractivity contribution in [2.24, 2.45) is 5.73 Å². The second-order valence-corrected chi connectivity index (χ2v) is 3.27. The van der Waals surface area contributed by atoms with E-state index < -0.39 is 0 Å². The van der Waals surface area contributed by atoms with Crippen molar-refractivity contribution in [3.05, 3.63) is 35.9 Å². The van der Waals surface area contributed by atoms with Crippen molar-refractivity contribution in [1.82, 2.24) is 0 Å². The first-order valence-corrected chi connectivity index (χ1v) is 4.56. The van der Waals surface area contributed by atoms with Crippen molar-refractivity contribution < 1.29 is 0 Å². The Morgan fingerprint density at radius 2 is 1.77 bits per heavy atom. The fourth-order valence-corrected chi connectivity index (χ4v) is 1.36. The molecule has 2 N–H and O–H groups in total. The average Bonchev–Trinajstić information content (AvgIpc) is 2.17. The third-order valence-corrected chi connectivity index (χ3v) is 2.44. The van der Waals surface area contributed by atoms with E-state index in [-0.39, 0.29) is 18.4 Å². The molecule has 74 valence electrons. The van der Waals surface area contributed by atoms with Crippen molar-refractivity contribution in [3.63, 3.8) is 0 Å². The topological polar surface area (TPSA) is 26.0 Å². The molecule has 0 fully saturated rings. The van der Waals surface area contributed by atoms with E-state index in [0.717, 1.165) is 6.42 Å². The van der Waals surface area contributed by atoms with E-state index in [9.17, 15) is 0 Å². The smallest absolute Gasteiger partial charge is 0.0103 e. The van der Waals surface area contributed by atoms with Crippen molar-refractivity contribution in [3.8, 4) is 0 Å². The summed E-state index contributed by atoms with van der Waals surface area (Å²) in [4.78, 5) is 0. The molecule has 0 amide bonds. The first-order valence-electron chi connectivity index (χ1n) is 4.56. The van der Waals surface area contributed by atoms with Crippen LogP contribution in [0.2, 0.25) is 0 Å². The molecule has 0 bridgehead atoms. The Balaban J connectivity index is 0.00000144. The lowest BCUT2D eigenvalue weighted by Gasteiger charge is -2.18. The van der Waals surface area contributed by atoms with Crippen LogP contribution in [0, 0.1) is 0 Å². The van der Waals surface area contributed by atoms with Gasteiger partial charge in [-0.3, -0.25) is 0 Å². The summed E-state index contributed by atoms with van der Waals surface area (Å²) < 4.78 is 0. The summed E-state index contributed by atoms with van der Waals surface area (Å²) in [5, 5.41) is 0. The van der Waals surface area contributed by atoms with E-state index in [1.54, 1.807) is 0 Å². The van der Waals surface area contributed by atoms with Gasteiger partial charge in [-0.15, -0.1) is 12.4 Å². The second kappa shape index (κ2) is 6.01. The molecule has 0 spiro atoms.